The number of rotatable bonds is 7. The predicted octanol–water partition coefficient (Wildman–Crippen LogP) is 7.17. The standard InChI is InChI=1S/C26H19BrF3N3O3S/c1-15-23(16-5-9-19(27)10-6-16)32-25(37-15)33-24(35)17-7-11-21(12-8-17)36-14-22(34)31-20-4-2-3-18(13-20)26(28,29)30/h2-13H,14H2,1H3,(H,31,34)(H,32,33,35). The highest BCUT2D eigenvalue weighted by atomic mass is 79.9. The van der Waals surface area contributed by atoms with E-state index >= 15 is 0 Å². The number of aryl methyl sites for hydroxylation is 1. The highest BCUT2D eigenvalue weighted by Gasteiger charge is 2.30. The molecule has 2 amide bonds. The lowest BCUT2D eigenvalue weighted by Gasteiger charge is -2.11. The molecule has 11 heteroatoms. The van der Waals surface area contributed by atoms with Crippen molar-refractivity contribution in [2.24, 2.45) is 0 Å². The van der Waals surface area contributed by atoms with Gasteiger partial charge in [-0.2, -0.15) is 13.2 Å². The van der Waals surface area contributed by atoms with Gasteiger partial charge in [-0.1, -0.05) is 34.1 Å². The van der Waals surface area contributed by atoms with Crippen LogP contribution in [-0.2, 0) is 11.0 Å². The van der Waals surface area contributed by atoms with E-state index in [0.717, 1.165) is 32.7 Å². The van der Waals surface area contributed by atoms with Crippen molar-refractivity contribution in [1.82, 2.24) is 4.98 Å². The number of anilines is 2. The molecule has 0 aliphatic carbocycles. The molecule has 0 aliphatic rings. The number of halogens is 4. The molecule has 0 unspecified atom stereocenters. The van der Waals surface area contributed by atoms with Crippen molar-refractivity contribution >= 4 is 49.9 Å². The maximum absolute atomic E-state index is 12.8. The van der Waals surface area contributed by atoms with Crippen LogP contribution in [0.2, 0.25) is 0 Å². The average molecular weight is 590 g/mol. The SMILES string of the molecule is Cc1sc(NC(=O)c2ccc(OCC(=O)Nc3cccc(C(F)(F)F)c3)cc2)nc1-c1ccc(Br)cc1. The van der Waals surface area contributed by atoms with Crippen molar-refractivity contribution in [2.45, 2.75) is 13.1 Å². The van der Waals surface area contributed by atoms with Gasteiger partial charge in [-0.05, 0) is 61.5 Å². The van der Waals surface area contributed by atoms with Gasteiger partial charge < -0.3 is 10.1 Å². The number of amides is 2. The number of carbonyl (C=O) groups is 2. The second-order valence-corrected chi connectivity index (χ2v) is 9.94. The second-order valence-electron chi connectivity index (χ2n) is 7.82. The molecular formula is C26H19BrF3N3O3S. The van der Waals surface area contributed by atoms with E-state index in [1.165, 1.54) is 47.7 Å². The number of alkyl halides is 3. The molecule has 0 bridgehead atoms. The number of hydrogen-bond donors (Lipinski definition) is 2. The highest BCUT2D eigenvalue weighted by molar-refractivity contribution is 9.10. The zero-order valence-electron chi connectivity index (χ0n) is 19.2. The first kappa shape index (κ1) is 26.4. The monoisotopic (exact) mass is 589 g/mol. The third kappa shape index (κ3) is 6.95. The molecule has 0 fully saturated rings. The Labute approximate surface area is 222 Å². The topological polar surface area (TPSA) is 80.3 Å². The minimum atomic E-state index is -4.51. The molecule has 0 saturated heterocycles. The first-order chi connectivity index (χ1) is 17.6. The number of carbonyl (C=O) groups excluding carboxylic acids is 2. The number of hydrogen-bond acceptors (Lipinski definition) is 5. The van der Waals surface area contributed by atoms with E-state index in [0.29, 0.717) is 16.4 Å². The maximum atomic E-state index is 12.8. The smallest absolute Gasteiger partial charge is 0.416 e. The van der Waals surface area contributed by atoms with E-state index in [-0.39, 0.29) is 11.6 Å². The molecule has 0 saturated carbocycles. The zero-order chi connectivity index (χ0) is 26.6. The summed E-state index contributed by atoms with van der Waals surface area (Å²) in [7, 11) is 0. The van der Waals surface area contributed by atoms with Gasteiger partial charge in [-0.15, -0.1) is 11.3 Å². The molecule has 4 aromatic rings. The number of benzene rings is 3. The van der Waals surface area contributed by atoms with E-state index < -0.39 is 24.3 Å². The van der Waals surface area contributed by atoms with Gasteiger partial charge in [0, 0.05) is 26.2 Å². The third-order valence-corrected chi connectivity index (χ3v) is 6.51. The maximum Gasteiger partial charge on any atom is 0.416 e. The van der Waals surface area contributed by atoms with Crippen LogP contribution in [0.25, 0.3) is 11.3 Å². The lowest BCUT2D eigenvalue weighted by atomic mass is 10.1. The summed E-state index contributed by atoms with van der Waals surface area (Å²) >= 11 is 4.77. The molecule has 1 heterocycles. The number of ether oxygens (including phenoxy) is 1. The van der Waals surface area contributed by atoms with Gasteiger partial charge in [-0.3, -0.25) is 14.9 Å². The largest absolute Gasteiger partial charge is 0.484 e. The number of nitrogens with zero attached hydrogens (tertiary/aromatic N) is 1. The van der Waals surface area contributed by atoms with Gasteiger partial charge in [0.05, 0.1) is 11.3 Å². The fraction of sp³-hybridized carbons (Fsp3) is 0.115. The lowest BCUT2D eigenvalue weighted by molar-refractivity contribution is -0.137. The van der Waals surface area contributed by atoms with E-state index in [1.807, 2.05) is 31.2 Å². The minimum absolute atomic E-state index is 0.0103. The lowest BCUT2D eigenvalue weighted by Crippen LogP contribution is -2.20. The Bertz CT molecular complexity index is 1420. The van der Waals surface area contributed by atoms with Crippen molar-refractivity contribution in [3.8, 4) is 17.0 Å². The fourth-order valence-corrected chi connectivity index (χ4v) is 4.41. The van der Waals surface area contributed by atoms with Crippen LogP contribution in [-0.4, -0.2) is 23.4 Å². The Morgan fingerprint density at radius 1 is 1.00 bits per heavy atom. The minimum Gasteiger partial charge on any atom is -0.484 e. The van der Waals surface area contributed by atoms with Crippen molar-refractivity contribution < 1.29 is 27.5 Å². The first-order valence-corrected chi connectivity index (χ1v) is 12.4. The van der Waals surface area contributed by atoms with Crippen molar-refractivity contribution in [3.63, 3.8) is 0 Å². The van der Waals surface area contributed by atoms with Gasteiger partial charge in [0.1, 0.15) is 5.75 Å². The Hall–Kier alpha value is -3.70. The van der Waals surface area contributed by atoms with Gasteiger partial charge >= 0.3 is 6.18 Å². The van der Waals surface area contributed by atoms with Gasteiger partial charge in [0.15, 0.2) is 11.7 Å². The molecule has 4 rings (SSSR count). The van der Waals surface area contributed by atoms with E-state index in [2.05, 4.69) is 31.5 Å². The van der Waals surface area contributed by atoms with Crippen molar-refractivity contribution in [1.29, 1.82) is 0 Å². The van der Waals surface area contributed by atoms with Crippen LogP contribution in [0.15, 0.2) is 77.3 Å². The van der Waals surface area contributed by atoms with Crippen LogP contribution >= 0.6 is 27.3 Å². The van der Waals surface area contributed by atoms with Crippen LogP contribution in [0.5, 0.6) is 5.75 Å². The molecule has 0 atom stereocenters. The van der Waals surface area contributed by atoms with Gasteiger partial charge in [0.25, 0.3) is 11.8 Å². The zero-order valence-corrected chi connectivity index (χ0v) is 21.6. The van der Waals surface area contributed by atoms with Crippen LogP contribution < -0.4 is 15.4 Å². The Balaban J connectivity index is 1.32. The Morgan fingerprint density at radius 2 is 1.70 bits per heavy atom. The summed E-state index contributed by atoms with van der Waals surface area (Å²) in [6, 6.07) is 18.2. The molecule has 2 N–H and O–H groups in total. The van der Waals surface area contributed by atoms with Crippen LogP contribution in [0.1, 0.15) is 20.8 Å². The first-order valence-electron chi connectivity index (χ1n) is 10.8. The predicted molar refractivity (Wildman–Crippen MR) is 140 cm³/mol. The molecule has 0 radical (unpaired) electrons. The average Bonchev–Trinajstić information content (AvgIpc) is 3.23. The molecule has 6 nitrogen and oxygen atoms in total. The fourth-order valence-electron chi connectivity index (χ4n) is 3.32. The summed E-state index contributed by atoms with van der Waals surface area (Å²) in [5, 5.41) is 5.62. The highest BCUT2D eigenvalue weighted by Crippen LogP contribution is 2.32. The molecule has 37 heavy (non-hydrogen) atoms. The van der Waals surface area contributed by atoms with Gasteiger partial charge in [0.2, 0.25) is 0 Å². The summed E-state index contributed by atoms with van der Waals surface area (Å²) in [4.78, 5) is 30.2. The number of nitrogens with one attached hydrogen (secondary N) is 2. The third-order valence-electron chi connectivity index (χ3n) is 5.09. The number of thiazole rings is 1. The summed E-state index contributed by atoms with van der Waals surface area (Å²) in [6.45, 7) is 1.51. The normalized spacial score (nSPS) is 11.2. The van der Waals surface area contributed by atoms with Crippen LogP contribution in [0.4, 0.5) is 24.0 Å². The van der Waals surface area contributed by atoms with E-state index in [1.54, 1.807) is 0 Å². The summed E-state index contributed by atoms with van der Waals surface area (Å²) < 4.78 is 44.8. The van der Waals surface area contributed by atoms with Crippen LogP contribution in [0, 0.1) is 6.92 Å². The molecular weight excluding hydrogens is 571 g/mol. The molecule has 0 aliphatic heterocycles. The summed E-state index contributed by atoms with van der Waals surface area (Å²) in [6.07, 6.45) is -4.51. The number of aromatic nitrogens is 1. The molecule has 1 aromatic heterocycles. The Kier molecular flexibility index (Phi) is 7.94. The summed E-state index contributed by atoms with van der Waals surface area (Å²) in [5.74, 6) is -0.662. The quantitative estimate of drug-likeness (QED) is 0.239. The molecule has 3 aromatic carbocycles. The second kappa shape index (κ2) is 11.1. The molecule has 190 valence electrons. The van der Waals surface area contributed by atoms with E-state index in [4.69, 9.17) is 4.74 Å². The Morgan fingerprint density at radius 3 is 2.38 bits per heavy atom. The van der Waals surface area contributed by atoms with Crippen LogP contribution in [0.3, 0.4) is 0 Å². The van der Waals surface area contributed by atoms with Gasteiger partial charge in [-0.25, -0.2) is 4.98 Å². The van der Waals surface area contributed by atoms with E-state index in [9.17, 15) is 22.8 Å². The summed E-state index contributed by atoms with van der Waals surface area (Å²) in [5.41, 5.74) is 1.24. The molecule has 0 spiro atoms. The van der Waals surface area contributed by atoms with Crippen molar-refractivity contribution in [3.05, 3.63) is 93.3 Å². The van der Waals surface area contributed by atoms with Crippen molar-refractivity contribution in [2.75, 3.05) is 17.2 Å².